The zero-order valence-corrected chi connectivity index (χ0v) is 31.2. The second-order valence-corrected chi connectivity index (χ2v) is 20.8. The predicted octanol–water partition coefficient (Wildman–Crippen LogP) is 10.6. The molecule has 46 heavy (non-hydrogen) atoms. The summed E-state index contributed by atoms with van der Waals surface area (Å²) in [6.45, 7) is 5.10. The van der Waals surface area contributed by atoms with Crippen LogP contribution in [0.15, 0.2) is 121 Å². The van der Waals surface area contributed by atoms with Crippen LogP contribution in [0.4, 0.5) is 0 Å². The molecule has 0 spiro atoms. The quantitative estimate of drug-likeness (QED) is 0.127. The number of para-hydroxylation sites is 2. The van der Waals surface area contributed by atoms with E-state index in [-0.39, 0.29) is 0 Å². The van der Waals surface area contributed by atoms with Crippen LogP contribution in [0.5, 0.6) is 0 Å². The average Bonchev–Trinajstić information content (AvgIpc) is 3.82. The summed E-state index contributed by atoms with van der Waals surface area (Å²) in [4.78, 5) is 0. The number of halogens is 2. The third-order valence-electron chi connectivity index (χ3n) is 10.1. The molecule has 0 N–H and O–H groups in total. The summed E-state index contributed by atoms with van der Waals surface area (Å²) in [5, 5.41) is 14.0. The Labute approximate surface area is 288 Å². The second-order valence-electron chi connectivity index (χ2n) is 12.7. The number of benzene rings is 5. The molecule has 7 aromatic carbocycles. The molecule has 224 valence electrons. The fourth-order valence-corrected chi connectivity index (χ4v) is 11.6. The fourth-order valence-electron chi connectivity index (χ4n) is 8.14. The van der Waals surface area contributed by atoms with E-state index in [0.717, 1.165) is 0 Å². The Hall–Kier alpha value is -3.40. The monoisotopic (exact) mass is 728 g/mol. The Bertz CT molecular complexity index is 2600. The van der Waals surface area contributed by atoms with Crippen molar-refractivity contribution in [2.75, 3.05) is 0 Å². The van der Waals surface area contributed by atoms with Crippen LogP contribution in [0, 0.1) is 0 Å². The molecule has 2 aromatic heterocycles. The molecule has 0 aliphatic heterocycles. The van der Waals surface area contributed by atoms with Crippen molar-refractivity contribution in [2.45, 2.75) is 13.1 Å². The van der Waals surface area contributed by atoms with Crippen LogP contribution in [0.1, 0.15) is 0 Å². The van der Waals surface area contributed by atoms with Gasteiger partial charge in [0, 0.05) is 49.5 Å². The van der Waals surface area contributed by atoms with Crippen molar-refractivity contribution < 1.29 is 20.8 Å². The topological polar surface area (TPSA) is 9.86 Å². The van der Waals surface area contributed by atoms with E-state index in [9.17, 15) is 0 Å². The molecule has 9 rings (SSSR count). The first-order chi connectivity index (χ1) is 22.4. The molecule has 9 aromatic rings. The van der Waals surface area contributed by atoms with Gasteiger partial charge >= 0.3 is 37.9 Å². The van der Waals surface area contributed by atoms with Gasteiger partial charge in [0.05, 0.1) is 0 Å². The van der Waals surface area contributed by atoms with E-state index in [0.29, 0.717) is 0 Å². The maximum atomic E-state index is 4.93. The molecule has 0 saturated heterocycles. The van der Waals surface area contributed by atoms with Gasteiger partial charge in [-0.2, -0.15) is 12.1 Å². The summed E-state index contributed by atoms with van der Waals surface area (Å²) in [6.07, 6.45) is 0. The molecule has 0 amide bonds. The van der Waals surface area contributed by atoms with Crippen LogP contribution in [0.25, 0.3) is 76.3 Å². The van der Waals surface area contributed by atoms with Gasteiger partial charge < -0.3 is 9.13 Å². The molecule has 0 aliphatic rings. The van der Waals surface area contributed by atoms with Gasteiger partial charge in [-0.3, -0.25) is 0 Å². The maximum absolute atomic E-state index is 4.93. The molecule has 0 fully saturated rings. The molecular weight excluding hydrogens is 699 g/mol. The van der Waals surface area contributed by atoms with Crippen molar-refractivity contribution in [3.8, 4) is 11.1 Å². The van der Waals surface area contributed by atoms with Crippen molar-refractivity contribution in [3.63, 3.8) is 0 Å². The van der Waals surface area contributed by atoms with E-state index in [2.05, 4.69) is 158 Å². The molecule has 0 saturated carbocycles. The third-order valence-corrected chi connectivity index (χ3v) is 13.7. The van der Waals surface area contributed by atoms with E-state index in [4.69, 9.17) is 17.0 Å². The number of rotatable bonds is 3. The van der Waals surface area contributed by atoms with E-state index < -0.39 is 28.9 Å². The van der Waals surface area contributed by atoms with E-state index >= 15 is 0 Å². The van der Waals surface area contributed by atoms with Gasteiger partial charge in [0.1, 0.15) is 0 Å². The summed E-state index contributed by atoms with van der Waals surface area (Å²) >= 11 is -0.826. The minimum atomic E-state index is -2.16. The third kappa shape index (κ3) is 4.31. The van der Waals surface area contributed by atoms with Crippen molar-refractivity contribution in [1.82, 2.24) is 9.13 Å². The molecule has 0 atom stereocenters. The Morgan fingerprint density at radius 2 is 1.20 bits per heavy atom. The first-order valence-corrected chi connectivity index (χ1v) is 24.9. The zero-order chi connectivity index (χ0) is 31.7. The number of aromatic nitrogens is 2. The summed E-state index contributed by atoms with van der Waals surface area (Å²) in [6, 6.07) is 45.4. The van der Waals surface area contributed by atoms with Crippen LogP contribution in [-0.4, -0.2) is 17.2 Å². The molecule has 0 bridgehead atoms. The van der Waals surface area contributed by atoms with Crippen LogP contribution in [-0.2, 0) is 34.9 Å². The van der Waals surface area contributed by atoms with Gasteiger partial charge in [-0.05, 0) is 40.7 Å². The van der Waals surface area contributed by atoms with E-state index in [1.807, 2.05) is 0 Å². The van der Waals surface area contributed by atoms with E-state index in [1.54, 1.807) is 5.19 Å². The van der Waals surface area contributed by atoms with Gasteiger partial charge in [0.25, 0.3) is 0 Å². The number of aryl methyl sites for hydroxylation is 2. The van der Waals surface area contributed by atoms with Crippen molar-refractivity contribution >= 4 is 101 Å². The minimum absolute atomic E-state index is 0.826. The Morgan fingerprint density at radius 1 is 0.587 bits per heavy atom. The van der Waals surface area contributed by atoms with Crippen molar-refractivity contribution in [2.24, 2.45) is 14.1 Å². The zero-order valence-electron chi connectivity index (χ0n) is 26.2. The van der Waals surface area contributed by atoms with Crippen LogP contribution in [0.3, 0.4) is 0 Å². The SMILES string of the molecule is Cn1c2ccccc2c2cc(-c3cccc4c3cc[c-]4[Si](C)(C)[c-]3c4ccccc4c4c5ccccc5n(C)c43)ccc21.[Cl][Zr+2][Cl]. The molecule has 2 nitrogen and oxygen atoms in total. The summed E-state index contributed by atoms with van der Waals surface area (Å²) in [5.41, 5.74) is 7.86. The summed E-state index contributed by atoms with van der Waals surface area (Å²) in [5.74, 6) is 0. The molecular formula is C40H32Cl2N2SiZr. The Morgan fingerprint density at radius 3 is 1.96 bits per heavy atom. The standard InChI is InChI=1S/C40H32N2Si.2ClH.Zr/c1-41-34-18-9-7-12-28(34)33-24-25(20-22-36(33)41)26-16-11-17-29-27(26)21-23-37(29)43(3,4)40-31-14-6-5-13-30(31)38-32-15-8-10-19-35(32)42(2)39(38)40;;;/h5-24H,1-4H3;2*1H;/q-2;;;+4/p-2. The van der Waals surface area contributed by atoms with E-state index in [1.165, 1.54) is 81.5 Å². The second kappa shape index (κ2) is 11.4. The average molecular weight is 731 g/mol. The normalized spacial score (nSPS) is 12.0. The van der Waals surface area contributed by atoms with Gasteiger partial charge in [-0.15, -0.1) is 62.3 Å². The van der Waals surface area contributed by atoms with Crippen LogP contribution < -0.4 is 10.4 Å². The fraction of sp³-hybridized carbons (Fsp3) is 0.100. The number of hydrogen-bond donors (Lipinski definition) is 0. The molecule has 0 radical (unpaired) electrons. The molecule has 6 heteroatoms. The number of fused-ring (bicyclic) bond motifs is 9. The van der Waals surface area contributed by atoms with Crippen LogP contribution in [0.2, 0.25) is 13.1 Å². The Balaban J connectivity index is 0.00000100. The molecule has 2 heterocycles. The molecule has 0 unspecified atom stereocenters. The van der Waals surface area contributed by atoms with Crippen LogP contribution >= 0.6 is 17.0 Å². The van der Waals surface area contributed by atoms with Gasteiger partial charge in [-0.25, -0.2) is 0 Å². The van der Waals surface area contributed by atoms with Crippen molar-refractivity contribution in [1.29, 1.82) is 0 Å². The first kappa shape index (κ1) is 30.0. The predicted molar refractivity (Wildman–Crippen MR) is 201 cm³/mol. The van der Waals surface area contributed by atoms with Gasteiger partial charge in [0.15, 0.2) is 0 Å². The van der Waals surface area contributed by atoms with Crippen molar-refractivity contribution in [3.05, 3.63) is 121 Å². The first-order valence-electron chi connectivity index (χ1n) is 15.5. The number of hydrogen-bond acceptors (Lipinski definition) is 0. The number of nitrogens with zero attached hydrogens (tertiary/aromatic N) is 2. The molecule has 0 aliphatic carbocycles. The summed E-state index contributed by atoms with van der Waals surface area (Å²) < 4.78 is 4.76. The summed E-state index contributed by atoms with van der Waals surface area (Å²) in [7, 11) is 12.1. The Kier molecular flexibility index (Phi) is 7.42. The van der Waals surface area contributed by atoms with Gasteiger partial charge in [-0.1, -0.05) is 78.6 Å². The van der Waals surface area contributed by atoms with Gasteiger partial charge in [0.2, 0.25) is 0 Å².